The van der Waals surface area contributed by atoms with Crippen LogP contribution >= 0.6 is 0 Å². The topological polar surface area (TPSA) is 3.88 Å². The number of rotatable bonds is 12. The zero-order valence-corrected chi connectivity index (χ0v) is 24.1. The molecule has 1 aromatic heterocycles. The van der Waals surface area contributed by atoms with Crippen LogP contribution in [0.3, 0.4) is 0 Å². The number of hydrogen-bond acceptors (Lipinski definition) is 0. The Labute approximate surface area is 246 Å². The van der Waals surface area contributed by atoms with Gasteiger partial charge >= 0.3 is 0 Å². The highest BCUT2D eigenvalue weighted by molar-refractivity contribution is 6.04. The van der Waals surface area contributed by atoms with Gasteiger partial charge in [-0.2, -0.15) is 0 Å². The molecule has 0 aliphatic carbocycles. The van der Waals surface area contributed by atoms with Crippen LogP contribution in [0, 0.1) is 0 Å². The molecule has 4 aromatic carbocycles. The van der Waals surface area contributed by atoms with Crippen molar-refractivity contribution in [1.29, 1.82) is 0 Å². The van der Waals surface area contributed by atoms with E-state index in [9.17, 15) is 0 Å². The standard InChI is InChI=1S/C40H40N/c1-2-3-4-5-15-30-41-31-28-34(29-32-41)23-22-33-24-26-38(27-25-33)40(37-20-13-8-14-21-37)39(35-16-9-6-10-17-35)36-18-11-7-12-19-36/h6-14,16-29,31-32H,2-5,15,30H2,1H3/q+1/b23-22+. The van der Waals surface area contributed by atoms with Crippen LogP contribution in [-0.4, -0.2) is 0 Å². The first-order valence-corrected chi connectivity index (χ1v) is 15.0. The minimum Gasteiger partial charge on any atom is -0.205 e. The molecule has 0 fully saturated rings. The average Bonchev–Trinajstić information content (AvgIpc) is 3.04. The van der Waals surface area contributed by atoms with Gasteiger partial charge in [-0.1, -0.05) is 154 Å². The lowest BCUT2D eigenvalue weighted by atomic mass is 9.85. The zero-order valence-electron chi connectivity index (χ0n) is 24.1. The molecule has 0 spiro atoms. The van der Waals surface area contributed by atoms with Crippen LogP contribution in [-0.2, 0) is 6.54 Å². The van der Waals surface area contributed by atoms with Crippen LogP contribution in [0.15, 0.2) is 140 Å². The van der Waals surface area contributed by atoms with E-state index in [1.165, 1.54) is 76.6 Å². The first kappa shape index (κ1) is 28.1. The first-order chi connectivity index (χ1) is 20.3. The van der Waals surface area contributed by atoms with Crippen molar-refractivity contribution in [3.8, 4) is 0 Å². The van der Waals surface area contributed by atoms with E-state index in [1.807, 2.05) is 0 Å². The quantitative estimate of drug-likeness (QED) is 0.0851. The van der Waals surface area contributed by atoms with E-state index in [4.69, 9.17) is 0 Å². The number of benzene rings is 4. The van der Waals surface area contributed by atoms with Crippen molar-refractivity contribution >= 4 is 23.3 Å². The molecular weight excluding hydrogens is 494 g/mol. The minimum absolute atomic E-state index is 1.10. The molecule has 0 aliphatic heterocycles. The van der Waals surface area contributed by atoms with Gasteiger partial charge in [-0.25, -0.2) is 4.57 Å². The number of pyridine rings is 1. The Bertz CT molecular complexity index is 1490. The fraction of sp³-hybridized carbons (Fsp3) is 0.175. The maximum absolute atomic E-state index is 2.30. The number of aromatic nitrogens is 1. The van der Waals surface area contributed by atoms with E-state index in [-0.39, 0.29) is 0 Å². The summed E-state index contributed by atoms with van der Waals surface area (Å²) in [7, 11) is 0. The normalized spacial score (nSPS) is 11.0. The highest BCUT2D eigenvalue weighted by atomic mass is 14.9. The molecule has 41 heavy (non-hydrogen) atoms. The SMILES string of the molecule is CCCCCCC[n+]1ccc(/C=C/c2ccc(C(=C(c3ccccc3)c3ccccc3)c3ccccc3)cc2)cc1. The van der Waals surface area contributed by atoms with Crippen LogP contribution in [0.5, 0.6) is 0 Å². The van der Waals surface area contributed by atoms with Gasteiger partial charge < -0.3 is 0 Å². The minimum atomic E-state index is 1.10. The second-order valence-electron chi connectivity index (χ2n) is 10.6. The van der Waals surface area contributed by atoms with Gasteiger partial charge in [-0.15, -0.1) is 0 Å². The van der Waals surface area contributed by atoms with Crippen molar-refractivity contribution in [1.82, 2.24) is 0 Å². The summed E-state index contributed by atoms with van der Waals surface area (Å²) in [5, 5.41) is 0. The summed E-state index contributed by atoms with van der Waals surface area (Å²) >= 11 is 0. The first-order valence-electron chi connectivity index (χ1n) is 15.0. The summed E-state index contributed by atoms with van der Waals surface area (Å²) in [6, 6.07) is 45.6. The van der Waals surface area contributed by atoms with Crippen LogP contribution in [0.2, 0.25) is 0 Å². The third kappa shape index (κ3) is 7.80. The average molecular weight is 535 g/mol. The number of aryl methyl sites for hydroxylation is 1. The van der Waals surface area contributed by atoms with E-state index < -0.39 is 0 Å². The van der Waals surface area contributed by atoms with Crippen molar-refractivity contribution in [2.45, 2.75) is 45.6 Å². The van der Waals surface area contributed by atoms with E-state index in [0.29, 0.717) is 0 Å². The highest BCUT2D eigenvalue weighted by Gasteiger charge is 2.15. The van der Waals surface area contributed by atoms with Crippen molar-refractivity contribution in [3.63, 3.8) is 0 Å². The molecule has 0 radical (unpaired) electrons. The highest BCUT2D eigenvalue weighted by Crippen LogP contribution is 2.36. The number of hydrogen-bond donors (Lipinski definition) is 0. The van der Waals surface area contributed by atoms with Crippen LogP contribution in [0.1, 0.15) is 72.4 Å². The Morgan fingerprint density at radius 2 is 0.878 bits per heavy atom. The Morgan fingerprint density at radius 1 is 0.463 bits per heavy atom. The van der Waals surface area contributed by atoms with E-state index in [1.54, 1.807) is 0 Å². The molecular formula is C40H40N+. The summed E-state index contributed by atoms with van der Waals surface area (Å²) in [6.45, 7) is 3.36. The molecule has 0 atom stereocenters. The van der Waals surface area contributed by atoms with Gasteiger partial charge in [-0.3, -0.25) is 0 Å². The molecule has 0 aliphatic rings. The summed E-state index contributed by atoms with van der Waals surface area (Å²) in [5.41, 5.74) is 9.72. The molecule has 1 heterocycles. The predicted molar refractivity (Wildman–Crippen MR) is 175 cm³/mol. The van der Waals surface area contributed by atoms with Crippen molar-refractivity contribution in [2.75, 3.05) is 0 Å². The van der Waals surface area contributed by atoms with Crippen molar-refractivity contribution in [2.24, 2.45) is 0 Å². The Morgan fingerprint density at radius 3 is 1.34 bits per heavy atom. The van der Waals surface area contributed by atoms with Crippen LogP contribution in [0.25, 0.3) is 23.3 Å². The zero-order chi connectivity index (χ0) is 28.1. The van der Waals surface area contributed by atoms with Gasteiger partial charge in [0.25, 0.3) is 0 Å². The summed E-state index contributed by atoms with van der Waals surface area (Å²) in [4.78, 5) is 0. The summed E-state index contributed by atoms with van der Waals surface area (Å²) in [6.07, 6.45) is 15.4. The van der Waals surface area contributed by atoms with Crippen LogP contribution in [0.4, 0.5) is 0 Å². The lowest BCUT2D eigenvalue weighted by Crippen LogP contribution is -2.32. The molecule has 0 N–H and O–H groups in total. The number of unbranched alkanes of at least 4 members (excludes halogenated alkanes) is 4. The Kier molecular flexibility index (Phi) is 10.1. The second-order valence-corrected chi connectivity index (χ2v) is 10.6. The van der Waals surface area contributed by atoms with Gasteiger partial charge in [0.2, 0.25) is 0 Å². The predicted octanol–water partition coefficient (Wildman–Crippen LogP) is 10.1. The molecule has 0 saturated heterocycles. The molecule has 1 heteroatoms. The van der Waals surface area contributed by atoms with Gasteiger partial charge in [0.15, 0.2) is 12.4 Å². The fourth-order valence-corrected chi connectivity index (χ4v) is 5.31. The third-order valence-electron chi connectivity index (χ3n) is 7.54. The van der Waals surface area contributed by atoms with Crippen molar-refractivity contribution in [3.05, 3.63) is 173 Å². The Balaban J connectivity index is 1.41. The van der Waals surface area contributed by atoms with Gasteiger partial charge in [-0.05, 0) is 50.9 Å². The molecule has 0 saturated carbocycles. The molecule has 0 bridgehead atoms. The molecule has 1 nitrogen and oxygen atoms in total. The lowest BCUT2D eigenvalue weighted by Gasteiger charge is -2.18. The molecule has 204 valence electrons. The second kappa shape index (κ2) is 14.8. The van der Waals surface area contributed by atoms with Crippen molar-refractivity contribution < 1.29 is 4.57 Å². The largest absolute Gasteiger partial charge is 0.205 e. The molecule has 0 amide bonds. The third-order valence-corrected chi connectivity index (χ3v) is 7.54. The van der Waals surface area contributed by atoms with Gasteiger partial charge in [0.1, 0.15) is 6.54 Å². The molecule has 5 rings (SSSR count). The summed E-state index contributed by atoms with van der Waals surface area (Å²) in [5.74, 6) is 0. The van der Waals surface area contributed by atoms with E-state index >= 15 is 0 Å². The van der Waals surface area contributed by atoms with E-state index in [2.05, 4.69) is 163 Å². The van der Waals surface area contributed by atoms with E-state index in [0.717, 1.165) is 6.54 Å². The summed E-state index contributed by atoms with van der Waals surface area (Å²) < 4.78 is 2.30. The smallest absolute Gasteiger partial charge is 0.169 e. The monoisotopic (exact) mass is 534 g/mol. The van der Waals surface area contributed by atoms with Crippen LogP contribution < -0.4 is 4.57 Å². The molecule has 5 aromatic rings. The maximum atomic E-state index is 2.30. The fourth-order valence-electron chi connectivity index (χ4n) is 5.31. The lowest BCUT2D eigenvalue weighted by molar-refractivity contribution is -0.697. The van der Waals surface area contributed by atoms with Gasteiger partial charge in [0.05, 0.1) is 0 Å². The maximum Gasteiger partial charge on any atom is 0.169 e. The molecule has 0 unspecified atom stereocenters. The Hall–Kier alpha value is -4.49. The van der Waals surface area contributed by atoms with Gasteiger partial charge in [0, 0.05) is 18.6 Å². The number of nitrogens with zero attached hydrogens (tertiary/aromatic N) is 1.